The Morgan fingerprint density at radius 2 is 1.56 bits per heavy atom. The number of aromatic nitrogens is 3. The van der Waals surface area contributed by atoms with Crippen molar-refractivity contribution in [2.75, 3.05) is 17.1 Å². The lowest BCUT2D eigenvalue weighted by molar-refractivity contribution is 0.455. The van der Waals surface area contributed by atoms with Crippen molar-refractivity contribution in [3.05, 3.63) is 90.0 Å². The first-order valence-electron chi connectivity index (χ1n) is 14.4. The molecule has 0 saturated carbocycles. The molecule has 0 radical (unpaired) electrons. The molecule has 6 nitrogen and oxygen atoms in total. The standard InChI is InChI=1S/C24H22FN5OS.C9H20/c1-16-21(11-10-20(22(16)25)30-32-15-17-7-4-3-5-8-17)31-23-18(9-6-13-27-23)19-12-14-28-24(26-2)29-19;1-3-5-7-9-8-6-4-2/h3-14,30H,15H2,1-2H3,(H,26,28,29);3-9H2,1-2H3. The van der Waals surface area contributed by atoms with Gasteiger partial charge in [0.05, 0.1) is 16.9 Å². The molecule has 0 aliphatic rings. The lowest BCUT2D eigenvalue weighted by Gasteiger charge is -2.14. The lowest BCUT2D eigenvalue weighted by atomic mass is 10.1. The van der Waals surface area contributed by atoms with Crippen molar-refractivity contribution in [3.63, 3.8) is 0 Å². The van der Waals surface area contributed by atoms with Crippen molar-refractivity contribution >= 4 is 23.6 Å². The number of nitrogens with zero attached hydrogens (tertiary/aromatic N) is 3. The molecule has 8 heteroatoms. The molecule has 4 aromatic rings. The van der Waals surface area contributed by atoms with Crippen LogP contribution in [0.1, 0.15) is 69.9 Å². The Morgan fingerprint density at radius 1 is 0.829 bits per heavy atom. The van der Waals surface area contributed by atoms with E-state index in [1.54, 1.807) is 50.6 Å². The van der Waals surface area contributed by atoms with Crippen LogP contribution in [-0.4, -0.2) is 22.0 Å². The van der Waals surface area contributed by atoms with Crippen LogP contribution >= 0.6 is 11.9 Å². The molecule has 4 rings (SSSR count). The molecule has 0 bridgehead atoms. The maximum Gasteiger partial charge on any atom is 0.228 e. The topological polar surface area (TPSA) is 72.0 Å². The van der Waals surface area contributed by atoms with Crippen LogP contribution in [0.2, 0.25) is 0 Å². The van der Waals surface area contributed by atoms with E-state index in [0.29, 0.717) is 40.1 Å². The lowest BCUT2D eigenvalue weighted by Crippen LogP contribution is -2.00. The first kappa shape index (κ1) is 31.9. The SMILES string of the molecule is CCCCCCCCC.CNc1nccc(-c2cccnc2Oc2ccc(NSCc3ccccc3)c(F)c2C)n1. The summed E-state index contributed by atoms with van der Waals surface area (Å²) in [5.41, 5.74) is 3.31. The summed E-state index contributed by atoms with van der Waals surface area (Å²) in [6, 6.07) is 18.8. The zero-order chi connectivity index (χ0) is 29.3. The summed E-state index contributed by atoms with van der Waals surface area (Å²) in [6.07, 6.45) is 13.3. The maximum absolute atomic E-state index is 15.0. The van der Waals surface area contributed by atoms with E-state index in [9.17, 15) is 0 Å². The van der Waals surface area contributed by atoms with Gasteiger partial charge in [-0.25, -0.2) is 19.3 Å². The van der Waals surface area contributed by atoms with Crippen LogP contribution in [0.15, 0.2) is 73.1 Å². The third-order valence-electron chi connectivity index (χ3n) is 6.44. The molecule has 0 spiro atoms. The highest BCUT2D eigenvalue weighted by atomic mass is 32.2. The predicted octanol–water partition coefficient (Wildman–Crippen LogP) is 9.84. The predicted molar refractivity (Wildman–Crippen MR) is 171 cm³/mol. The van der Waals surface area contributed by atoms with Crippen LogP contribution in [0.3, 0.4) is 0 Å². The molecule has 2 aromatic carbocycles. The van der Waals surface area contributed by atoms with Crippen LogP contribution < -0.4 is 14.8 Å². The average Bonchev–Trinajstić information content (AvgIpc) is 3.01. The van der Waals surface area contributed by atoms with Crippen LogP contribution in [0, 0.1) is 12.7 Å². The highest BCUT2D eigenvalue weighted by Crippen LogP contribution is 2.35. The Balaban J connectivity index is 0.000000445. The maximum atomic E-state index is 15.0. The second-order valence-electron chi connectivity index (χ2n) is 9.67. The number of hydrogen-bond donors (Lipinski definition) is 2. The smallest absolute Gasteiger partial charge is 0.228 e. The minimum absolute atomic E-state index is 0.343. The number of pyridine rings is 1. The van der Waals surface area contributed by atoms with E-state index in [-0.39, 0.29) is 5.82 Å². The van der Waals surface area contributed by atoms with Crippen LogP contribution in [0.4, 0.5) is 16.0 Å². The van der Waals surface area contributed by atoms with Gasteiger partial charge >= 0.3 is 0 Å². The number of nitrogens with one attached hydrogen (secondary N) is 2. The molecular weight excluding hydrogens is 533 g/mol. The highest BCUT2D eigenvalue weighted by Gasteiger charge is 2.15. The fourth-order valence-corrected chi connectivity index (χ4v) is 4.80. The van der Waals surface area contributed by atoms with Gasteiger partial charge in [0.1, 0.15) is 5.75 Å². The molecular formula is C33H42FN5OS. The summed E-state index contributed by atoms with van der Waals surface area (Å²) < 4.78 is 24.1. The number of hydrogen-bond acceptors (Lipinski definition) is 7. The Morgan fingerprint density at radius 3 is 2.27 bits per heavy atom. The first-order chi connectivity index (χ1) is 20.1. The van der Waals surface area contributed by atoms with Gasteiger partial charge in [-0.15, -0.1) is 0 Å². The monoisotopic (exact) mass is 575 g/mol. The summed E-state index contributed by atoms with van der Waals surface area (Å²) in [5.74, 6) is 1.59. The number of rotatable bonds is 14. The molecule has 2 heterocycles. The largest absolute Gasteiger partial charge is 0.438 e. The fraction of sp³-hybridized carbons (Fsp3) is 0.364. The Hall–Kier alpha value is -3.65. The third kappa shape index (κ3) is 10.4. The van der Waals surface area contributed by atoms with Gasteiger partial charge in [0, 0.05) is 30.8 Å². The molecule has 41 heavy (non-hydrogen) atoms. The number of ether oxygens (including phenoxy) is 1. The van der Waals surface area contributed by atoms with Gasteiger partial charge in [-0.3, -0.25) is 0 Å². The van der Waals surface area contributed by atoms with Crippen LogP contribution in [0.25, 0.3) is 11.3 Å². The van der Waals surface area contributed by atoms with Gasteiger partial charge in [0.25, 0.3) is 0 Å². The van der Waals surface area contributed by atoms with Crippen LogP contribution in [0.5, 0.6) is 11.6 Å². The van der Waals surface area contributed by atoms with Crippen molar-refractivity contribution in [2.24, 2.45) is 0 Å². The minimum Gasteiger partial charge on any atom is -0.438 e. The average molecular weight is 576 g/mol. The molecule has 2 aromatic heterocycles. The van der Waals surface area contributed by atoms with Gasteiger partial charge < -0.3 is 14.8 Å². The molecule has 0 saturated heterocycles. The summed E-state index contributed by atoms with van der Waals surface area (Å²) in [4.78, 5) is 12.9. The van der Waals surface area contributed by atoms with Crippen molar-refractivity contribution in [1.82, 2.24) is 15.0 Å². The molecule has 2 N–H and O–H groups in total. The number of halogens is 1. The van der Waals surface area contributed by atoms with Gasteiger partial charge in [-0.2, -0.15) is 0 Å². The van der Waals surface area contributed by atoms with Crippen molar-refractivity contribution < 1.29 is 9.13 Å². The third-order valence-corrected chi connectivity index (χ3v) is 7.28. The number of unbranched alkanes of at least 4 members (excludes halogenated alkanes) is 6. The van der Waals surface area contributed by atoms with Crippen molar-refractivity contribution in [3.8, 4) is 22.9 Å². The quantitative estimate of drug-likeness (QED) is 0.114. The van der Waals surface area contributed by atoms with E-state index in [4.69, 9.17) is 4.74 Å². The van der Waals surface area contributed by atoms with Gasteiger partial charge in [-0.1, -0.05) is 89.1 Å². The zero-order valence-corrected chi connectivity index (χ0v) is 25.4. The van der Waals surface area contributed by atoms with E-state index in [1.807, 2.05) is 36.4 Å². The molecule has 0 unspecified atom stereocenters. The Labute approximate surface area is 248 Å². The number of benzene rings is 2. The van der Waals surface area contributed by atoms with E-state index < -0.39 is 0 Å². The minimum atomic E-state index is -0.361. The summed E-state index contributed by atoms with van der Waals surface area (Å²) >= 11 is 1.43. The summed E-state index contributed by atoms with van der Waals surface area (Å²) in [6.45, 7) is 6.21. The first-order valence-corrected chi connectivity index (χ1v) is 15.4. The normalized spacial score (nSPS) is 10.5. The molecule has 0 fully saturated rings. The molecule has 0 aliphatic carbocycles. The van der Waals surface area contributed by atoms with Gasteiger partial charge in [0.15, 0.2) is 5.82 Å². The van der Waals surface area contributed by atoms with Crippen LogP contribution in [-0.2, 0) is 5.75 Å². The van der Waals surface area contributed by atoms with Gasteiger partial charge in [-0.05, 0) is 54.8 Å². The Kier molecular flexibility index (Phi) is 13.9. The zero-order valence-electron chi connectivity index (χ0n) is 24.6. The van der Waals surface area contributed by atoms with E-state index in [2.05, 4.69) is 38.8 Å². The molecule has 0 atom stereocenters. The molecule has 0 aliphatic heterocycles. The fourth-order valence-electron chi connectivity index (χ4n) is 4.06. The van der Waals surface area contributed by atoms with Crippen molar-refractivity contribution in [2.45, 2.75) is 71.5 Å². The van der Waals surface area contributed by atoms with E-state index >= 15 is 4.39 Å². The van der Waals surface area contributed by atoms with E-state index in [0.717, 1.165) is 11.3 Å². The van der Waals surface area contributed by atoms with Gasteiger partial charge in [0.2, 0.25) is 11.8 Å². The second kappa shape index (κ2) is 17.9. The second-order valence-corrected chi connectivity index (χ2v) is 10.4. The Bertz CT molecular complexity index is 1320. The summed E-state index contributed by atoms with van der Waals surface area (Å²) in [5, 5.41) is 2.91. The van der Waals surface area contributed by atoms with Crippen molar-refractivity contribution in [1.29, 1.82) is 0 Å². The highest BCUT2D eigenvalue weighted by molar-refractivity contribution is 7.99. The van der Waals surface area contributed by atoms with E-state index in [1.165, 1.54) is 56.9 Å². The molecule has 218 valence electrons. The number of anilines is 2. The summed E-state index contributed by atoms with van der Waals surface area (Å²) in [7, 11) is 1.75. The molecule has 0 amide bonds.